The molecule has 1 heterocycles. The Hall–Kier alpha value is -0.760. The molecule has 0 aromatic heterocycles. The maximum absolute atomic E-state index is 5.62. The van der Waals surface area contributed by atoms with E-state index in [1.54, 1.807) is 0 Å². The molecule has 1 rings (SSSR count). The van der Waals surface area contributed by atoms with Crippen LogP contribution >= 0.6 is 0 Å². The van der Waals surface area contributed by atoms with E-state index in [0.717, 1.165) is 6.54 Å². The summed E-state index contributed by atoms with van der Waals surface area (Å²) in [5.74, 6) is 0. The van der Waals surface area contributed by atoms with Crippen molar-refractivity contribution < 1.29 is 1.43 Å². The van der Waals surface area contributed by atoms with Crippen LogP contribution in [0.15, 0.2) is 23.9 Å². The Morgan fingerprint density at radius 3 is 2.15 bits per heavy atom. The standard InChI is InChI=1S/C7H12N2.2C2H6.H2/c1-6(8)7-2-4-9-5-3-7;2*1-2;/h2-4,6,9H,5,8H2,1H3;2*1-2H3;1H/t6-;;;/m0.../s1. The van der Waals surface area contributed by atoms with Gasteiger partial charge in [-0.2, -0.15) is 0 Å². The summed E-state index contributed by atoms with van der Waals surface area (Å²) in [7, 11) is 0. The number of dihydropyridines is 1. The first kappa shape index (κ1) is 14.7. The summed E-state index contributed by atoms with van der Waals surface area (Å²) in [6, 6.07) is 0.170. The molecule has 0 aliphatic carbocycles. The quantitative estimate of drug-likeness (QED) is 0.661. The second kappa shape index (κ2) is 11.2. The largest absolute Gasteiger partial charge is 0.387 e. The molecular formula is C11H26N2. The summed E-state index contributed by atoms with van der Waals surface area (Å²) in [5.41, 5.74) is 6.84. The molecule has 0 bridgehead atoms. The highest BCUT2D eigenvalue weighted by atomic mass is 14.8. The van der Waals surface area contributed by atoms with E-state index in [1.165, 1.54) is 5.57 Å². The number of nitrogens with one attached hydrogen (secondary N) is 1. The molecule has 1 aliphatic heterocycles. The van der Waals surface area contributed by atoms with Crippen molar-refractivity contribution in [1.82, 2.24) is 5.32 Å². The van der Waals surface area contributed by atoms with Crippen LogP contribution in [0.2, 0.25) is 0 Å². The maximum Gasteiger partial charge on any atom is 0.0331 e. The van der Waals surface area contributed by atoms with Crippen LogP contribution < -0.4 is 11.1 Å². The molecule has 0 aromatic rings. The first-order chi connectivity index (χ1) is 6.30. The van der Waals surface area contributed by atoms with E-state index in [0.29, 0.717) is 0 Å². The number of rotatable bonds is 1. The van der Waals surface area contributed by atoms with Crippen molar-refractivity contribution in [2.24, 2.45) is 5.73 Å². The molecule has 0 radical (unpaired) electrons. The summed E-state index contributed by atoms with van der Waals surface area (Å²) in [4.78, 5) is 0. The van der Waals surface area contributed by atoms with Crippen LogP contribution in [0.4, 0.5) is 0 Å². The second-order valence-electron chi connectivity index (χ2n) is 2.23. The first-order valence-electron chi connectivity index (χ1n) is 5.16. The molecule has 2 nitrogen and oxygen atoms in total. The third-order valence-corrected chi connectivity index (χ3v) is 1.38. The zero-order valence-corrected chi connectivity index (χ0v) is 9.59. The number of nitrogens with two attached hydrogens (primary N) is 1. The van der Waals surface area contributed by atoms with Gasteiger partial charge >= 0.3 is 0 Å². The molecule has 2 heteroatoms. The zero-order chi connectivity index (χ0) is 10.7. The summed E-state index contributed by atoms with van der Waals surface area (Å²) >= 11 is 0. The molecule has 1 aliphatic rings. The molecular weight excluding hydrogens is 160 g/mol. The van der Waals surface area contributed by atoms with Crippen molar-refractivity contribution in [3.63, 3.8) is 0 Å². The van der Waals surface area contributed by atoms with Gasteiger partial charge < -0.3 is 11.1 Å². The van der Waals surface area contributed by atoms with Crippen LogP contribution in [0, 0.1) is 0 Å². The molecule has 0 amide bonds. The Bertz CT molecular complexity index is 151. The Morgan fingerprint density at radius 1 is 1.38 bits per heavy atom. The first-order valence-corrected chi connectivity index (χ1v) is 5.16. The van der Waals surface area contributed by atoms with Gasteiger partial charge in [0.25, 0.3) is 0 Å². The van der Waals surface area contributed by atoms with Crippen LogP contribution in [-0.2, 0) is 0 Å². The molecule has 13 heavy (non-hydrogen) atoms. The fourth-order valence-corrected chi connectivity index (χ4v) is 0.806. The van der Waals surface area contributed by atoms with Crippen molar-refractivity contribution in [2.45, 2.75) is 40.7 Å². The van der Waals surface area contributed by atoms with Crippen molar-refractivity contribution in [3.05, 3.63) is 23.9 Å². The number of hydrogen-bond donors (Lipinski definition) is 2. The molecule has 80 valence electrons. The smallest absolute Gasteiger partial charge is 0.0331 e. The summed E-state index contributed by atoms with van der Waals surface area (Å²) in [5, 5.41) is 3.06. The Labute approximate surface area is 84.4 Å². The van der Waals surface area contributed by atoms with Gasteiger partial charge in [0.2, 0.25) is 0 Å². The van der Waals surface area contributed by atoms with Gasteiger partial charge in [0.15, 0.2) is 0 Å². The lowest BCUT2D eigenvalue weighted by atomic mass is 10.1. The highest BCUT2D eigenvalue weighted by Crippen LogP contribution is 2.02. The molecule has 0 saturated carbocycles. The highest BCUT2D eigenvalue weighted by Gasteiger charge is 1.99. The molecule has 0 saturated heterocycles. The third-order valence-electron chi connectivity index (χ3n) is 1.38. The number of hydrogen-bond acceptors (Lipinski definition) is 2. The molecule has 1 atom stereocenters. The topological polar surface area (TPSA) is 38.0 Å². The van der Waals surface area contributed by atoms with Crippen LogP contribution in [0.1, 0.15) is 36.0 Å². The minimum Gasteiger partial charge on any atom is -0.387 e. The molecule has 0 unspecified atom stereocenters. The van der Waals surface area contributed by atoms with Crippen LogP contribution in [-0.4, -0.2) is 12.6 Å². The normalized spacial score (nSPS) is 15.1. The third kappa shape index (κ3) is 7.60. The minimum atomic E-state index is 0. The lowest BCUT2D eigenvalue weighted by molar-refractivity contribution is 0.847. The van der Waals surface area contributed by atoms with Gasteiger partial charge in [0, 0.05) is 14.0 Å². The Morgan fingerprint density at radius 2 is 1.92 bits per heavy atom. The average molecular weight is 186 g/mol. The van der Waals surface area contributed by atoms with Crippen LogP contribution in [0.25, 0.3) is 0 Å². The highest BCUT2D eigenvalue weighted by molar-refractivity contribution is 5.26. The molecule has 0 aromatic carbocycles. The van der Waals surface area contributed by atoms with Crippen LogP contribution in [0.5, 0.6) is 0 Å². The van der Waals surface area contributed by atoms with Crippen molar-refractivity contribution in [1.29, 1.82) is 0 Å². The fourth-order valence-electron chi connectivity index (χ4n) is 0.806. The molecule has 0 spiro atoms. The lowest BCUT2D eigenvalue weighted by Gasteiger charge is -2.10. The van der Waals surface area contributed by atoms with Gasteiger partial charge in [-0.3, -0.25) is 0 Å². The fraction of sp³-hybridized carbons (Fsp3) is 0.636. The summed E-state index contributed by atoms with van der Waals surface area (Å²) in [6.45, 7) is 10.9. The van der Waals surface area contributed by atoms with Gasteiger partial charge in [0.05, 0.1) is 0 Å². The SMILES string of the molecule is CC.CC.C[C@H](N)C1=CCNC=C1.[HH]. The molecule has 3 N–H and O–H groups in total. The lowest BCUT2D eigenvalue weighted by Crippen LogP contribution is -2.21. The van der Waals surface area contributed by atoms with Gasteiger partial charge in [-0.05, 0) is 24.8 Å². The van der Waals surface area contributed by atoms with E-state index in [2.05, 4.69) is 11.4 Å². The van der Waals surface area contributed by atoms with Gasteiger partial charge in [-0.1, -0.05) is 33.8 Å². The summed E-state index contributed by atoms with van der Waals surface area (Å²) in [6.07, 6.45) is 6.04. The van der Waals surface area contributed by atoms with Gasteiger partial charge in [0.1, 0.15) is 0 Å². The Balaban J connectivity index is -0.000000216. The van der Waals surface area contributed by atoms with E-state index < -0.39 is 0 Å². The zero-order valence-electron chi connectivity index (χ0n) is 9.59. The van der Waals surface area contributed by atoms with Crippen molar-refractivity contribution in [2.75, 3.05) is 6.54 Å². The monoisotopic (exact) mass is 186 g/mol. The van der Waals surface area contributed by atoms with Crippen molar-refractivity contribution >= 4 is 0 Å². The second-order valence-corrected chi connectivity index (χ2v) is 2.23. The van der Waals surface area contributed by atoms with Gasteiger partial charge in [-0.25, -0.2) is 0 Å². The van der Waals surface area contributed by atoms with E-state index in [9.17, 15) is 0 Å². The average Bonchev–Trinajstić information content (AvgIpc) is 2.25. The summed E-state index contributed by atoms with van der Waals surface area (Å²) < 4.78 is 0. The van der Waals surface area contributed by atoms with E-state index >= 15 is 0 Å². The van der Waals surface area contributed by atoms with Crippen LogP contribution in [0.3, 0.4) is 0 Å². The van der Waals surface area contributed by atoms with E-state index in [4.69, 9.17) is 5.73 Å². The van der Waals surface area contributed by atoms with Gasteiger partial charge in [-0.15, -0.1) is 0 Å². The van der Waals surface area contributed by atoms with Crippen molar-refractivity contribution in [3.8, 4) is 0 Å². The molecule has 0 fully saturated rings. The maximum atomic E-state index is 5.62. The van der Waals surface area contributed by atoms with E-state index in [1.807, 2.05) is 46.9 Å². The van der Waals surface area contributed by atoms with E-state index in [-0.39, 0.29) is 7.47 Å². The Kier molecular flexibility index (Phi) is 12.8. The predicted octanol–water partition coefficient (Wildman–Crippen LogP) is 2.68. The predicted molar refractivity (Wildman–Crippen MR) is 63.7 cm³/mol. The minimum absolute atomic E-state index is 0.